The van der Waals surface area contributed by atoms with Crippen LogP contribution in [0.5, 0.6) is 11.5 Å². The van der Waals surface area contributed by atoms with Gasteiger partial charge >= 0.3 is 6.09 Å². The van der Waals surface area contributed by atoms with Crippen LogP contribution in [0.1, 0.15) is 93.3 Å². The van der Waals surface area contributed by atoms with Gasteiger partial charge in [-0.1, -0.05) is 103 Å². The molecule has 1 aliphatic carbocycles. The minimum atomic E-state index is -1.75. The van der Waals surface area contributed by atoms with Gasteiger partial charge in [-0.2, -0.15) is 10.2 Å². The molecule has 0 bridgehead atoms. The van der Waals surface area contributed by atoms with Crippen molar-refractivity contribution in [3.63, 3.8) is 0 Å². The van der Waals surface area contributed by atoms with E-state index < -0.39 is 50.1 Å². The lowest BCUT2D eigenvalue weighted by molar-refractivity contribution is -0.116. The topological polar surface area (TPSA) is 205 Å². The second-order valence-corrected chi connectivity index (χ2v) is 21.4. The Balaban J connectivity index is 0.947. The van der Waals surface area contributed by atoms with Crippen molar-refractivity contribution >= 4 is 37.6 Å². The number of aromatic nitrogens is 4. The van der Waals surface area contributed by atoms with Crippen LogP contribution in [0.25, 0.3) is 22.3 Å². The summed E-state index contributed by atoms with van der Waals surface area (Å²) in [4.78, 5) is 53.6. The van der Waals surface area contributed by atoms with Crippen LogP contribution < -0.4 is 20.3 Å². The van der Waals surface area contributed by atoms with E-state index in [0.717, 1.165) is 38.9 Å². The zero-order valence-electron chi connectivity index (χ0n) is 45.5. The van der Waals surface area contributed by atoms with Crippen LogP contribution in [0, 0.1) is 11.3 Å². The standard InChI is InChI=1S/C60H67N8O10P/c1-39(2)68(40(3)4)79(76-34-16-32-61)78-51-35-54(77-52(51)37-75-60(41-17-9-8-10-18-41,42-24-28-44(72-6)29-25-42)43-26-30-45(73-7)31-27-43)67-38-62-55-56(67)64-58(65-57(55)70)63-53(69)23-15-33-66(5)59(71)74-36-50-48-21-13-11-19-46(48)47-20-12-14-22-49(47)50/h8-14,17-22,24-31,38-40,50-52,54H,15-16,23,33-37H2,1-7H3,(H2,63,64,65,69,70)/t51?,52-,54-,79?/m1/s1. The first-order valence-electron chi connectivity index (χ1n) is 26.5. The number of ether oxygens (including phenoxy) is 5. The molecule has 3 heterocycles. The number of amides is 2. The maximum atomic E-state index is 13.7. The summed E-state index contributed by atoms with van der Waals surface area (Å²) in [6.45, 7) is 8.87. The first kappa shape index (κ1) is 56.2. The molecular weight excluding hydrogens is 1020 g/mol. The number of nitrogens with zero attached hydrogens (tertiary/aromatic N) is 6. The number of rotatable bonds is 24. The summed E-state index contributed by atoms with van der Waals surface area (Å²) in [5.41, 5.74) is 5.48. The predicted molar refractivity (Wildman–Crippen MR) is 301 cm³/mol. The van der Waals surface area contributed by atoms with Crippen molar-refractivity contribution in [1.82, 2.24) is 29.1 Å². The zero-order valence-corrected chi connectivity index (χ0v) is 46.4. The van der Waals surface area contributed by atoms with E-state index in [4.69, 9.17) is 37.7 Å². The molecule has 1 fully saturated rings. The lowest BCUT2D eigenvalue weighted by atomic mass is 9.80. The number of nitriles is 1. The van der Waals surface area contributed by atoms with Crippen LogP contribution in [0.3, 0.4) is 0 Å². The van der Waals surface area contributed by atoms with E-state index in [2.05, 4.69) is 78.0 Å². The van der Waals surface area contributed by atoms with Crippen molar-refractivity contribution in [1.29, 1.82) is 5.26 Å². The number of nitrogens with one attached hydrogen (secondary N) is 2. The molecule has 2 amide bonds. The van der Waals surface area contributed by atoms with Gasteiger partial charge in [-0.05, 0) is 97.3 Å². The molecule has 4 atom stereocenters. The van der Waals surface area contributed by atoms with Crippen LogP contribution >= 0.6 is 8.53 Å². The number of fused-ring (bicyclic) bond motifs is 4. The van der Waals surface area contributed by atoms with E-state index in [9.17, 15) is 19.6 Å². The fraction of sp³-hybridized carbons (Fsp3) is 0.367. The van der Waals surface area contributed by atoms with Crippen molar-refractivity contribution in [2.75, 3.05) is 52.9 Å². The molecule has 2 aromatic heterocycles. The largest absolute Gasteiger partial charge is 0.497 e. The zero-order chi connectivity index (χ0) is 55.6. The Morgan fingerprint density at radius 2 is 1.44 bits per heavy atom. The SMILES string of the molecule is COc1ccc(C(OC[C@H]2O[C@@H](n3cnc4c(=O)[nH]c(NC(=O)CCCN(C)C(=O)OCC5c6ccccc6-c6ccccc65)nc43)CC2OP(OCCC#N)N(C(C)C)C(C)C)(c2ccccc2)c2ccc(OC)cc2)cc1. The Labute approximate surface area is 461 Å². The lowest BCUT2D eigenvalue weighted by Gasteiger charge is -2.39. The minimum Gasteiger partial charge on any atom is -0.497 e. The van der Waals surface area contributed by atoms with Crippen molar-refractivity contribution in [3.8, 4) is 28.7 Å². The molecule has 0 radical (unpaired) electrons. The van der Waals surface area contributed by atoms with Crippen LogP contribution in [0.2, 0.25) is 0 Å². The highest BCUT2D eigenvalue weighted by molar-refractivity contribution is 7.44. The Morgan fingerprint density at radius 3 is 2.04 bits per heavy atom. The molecule has 1 saturated heterocycles. The van der Waals surface area contributed by atoms with Gasteiger partial charge in [-0.3, -0.25) is 24.5 Å². The third-order valence-electron chi connectivity index (χ3n) is 14.3. The van der Waals surface area contributed by atoms with E-state index >= 15 is 0 Å². The highest BCUT2D eigenvalue weighted by Crippen LogP contribution is 2.51. The van der Waals surface area contributed by atoms with Gasteiger partial charge in [0.1, 0.15) is 36.0 Å². The van der Waals surface area contributed by atoms with Crippen LogP contribution in [-0.4, -0.2) is 113 Å². The summed E-state index contributed by atoms with van der Waals surface area (Å²) in [5, 5.41) is 12.3. The minimum absolute atomic E-state index is 0.00270. The summed E-state index contributed by atoms with van der Waals surface area (Å²) in [6, 6.07) is 44.0. The number of hydrogen-bond acceptors (Lipinski definition) is 14. The Hall–Kier alpha value is -7.49. The Bertz CT molecular complexity index is 3190. The quantitative estimate of drug-likeness (QED) is 0.0328. The number of anilines is 1. The number of H-pyrrole nitrogens is 1. The predicted octanol–water partition coefficient (Wildman–Crippen LogP) is 10.7. The van der Waals surface area contributed by atoms with Gasteiger partial charge < -0.3 is 37.6 Å². The van der Waals surface area contributed by atoms with Crippen LogP contribution in [-0.2, 0) is 33.7 Å². The maximum Gasteiger partial charge on any atom is 0.409 e. The molecule has 0 saturated carbocycles. The lowest BCUT2D eigenvalue weighted by Crippen LogP contribution is -2.39. The number of carbonyl (C=O) groups is 2. The Kier molecular flexibility index (Phi) is 18.2. The summed E-state index contributed by atoms with van der Waals surface area (Å²) in [6.07, 6.45) is -0.442. The van der Waals surface area contributed by atoms with Crippen LogP contribution in [0.4, 0.5) is 10.7 Å². The monoisotopic (exact) mass is 1090 g/mol. The van der Waals surface area contributed by atoms with Gasteiger partial charge in [0.2, 0.25) is 11.9 Å². The average Bonchev–Trinajstić information content (AvgIpc) is 4.39. The smallest absolute Gasteiger partial charge is 0.409 e. The van der Waals surface area contributed by atoms with E-state index in [1.165, 1.54) is 11.2 Å². The number of benzene rings is 5. The summed E-state index contributed by atoms with van der Waals surface area (Å²) in [5.74, 6) is 0.784. The number of carbonyl (C=O) groups excluding carboxylic acids is 2. The fourth-order valence-corrected chi connectivity index (χ4v) is 12.2. The van der Waals surface area contributed by atoms with Gasteiger partial charge in [0.15, 0.2) is 11.2 Å². The van der Waals surface area contributed by atoms with E-state index in [1.54, 1.807) is 25.8 Å². The second-order valence-electron chi connectivity index (χ2n) is 20.0. The van der Waals surface area contributed by atoms with Gasteiger partial charge in [0.25, 0.3) is 14.1 Å². The molecule has 5 aromatic carbocycles. The molecule has 0 spiro atoms. The summed E-state index contributed by atoms with van der Waals surface area (Å²) in [7, 11) is 3.13. The second kappa shape index (κ2) is 25.5. The fourth-order valence-electron chi connectivity index (χ4n) is 10.5. The molecule has 2 unspecified atom stereocenters. The number of hydrogen-bond donors (Lipinski definition) is 2. The van der Waals surface area contributed by atoms with Gasteiger partial charge in [0.05, 0.1) is 52.4 Å². The van der Waals surface area contributed by atoms with Crippen molar-refractivity contribution < 1.29 is 42.3 Å². The first-order chi connectivity index (χ1) is 38.3. The average molecular weight is 1090 g/mol. The van der Waals surface area contributed by atoms with Gasteiger partial charge in [0, 0.05) is 44.4 Å². The molecule has 79 heavy (non-hydrogen) atoms. The molecule has 7 aromatic rings. The molecule has 9 rings (SSSR count). The molecule has 412 valence electrons. The molecule has 1 aliphatic heterocycles. The number of imidazole rings is 1. The maximum absolute atomic E-state index is 13.7. The third kappa shape index (κ3) is 12.4. The number of aromatic amines is 1. The molecular formula is C60H67N8O10P. The van der Waals surface area contributed by atoms with Crippen molar-refractivity contribution in [3.05, 3.63) is 172 Å². The number of methoxy groups -OCH3 is 2. The highest BCUT2D eigenvalue weighted by atomic mass is 31.2. The normalized spacial score (nSPS) is 16.4. The van der Waals surface area contributed by atoms with Gasteiger partial charge in [-0.15, -0.1) is 0 Å². The molecule has 2 N–H and O–H groups in total. The van der Waals surface area contributed by atoms with E-state index in [0.29, 0.717) is 17.9 Å². The molecule has 19 heteroatoms. The summed E-state index contributed by atoms with van der Waals surface area (Å²) < 4.78 is 48.7. The van der Waals surface area contributed by atoms with Crippen LogP contribution in [0.15, 0.2) is 139 Å². The third-order valence-corrected chi connectivity index (χ3v) is 16.4. The van der Waals surface area contributed by atoms with Gasteiger partial charge in [-0.25, -0.2) is 14.4 Å². The molecule has 18 nitrogen and oxygen atoms in total. The first-order valence-corrected chi connectivity index (χ1v) is 27.7. The molecule has 2 aliphatic rings. The highest BCUT2D eigenvalue weighted by Gasteiger charge is 2.45. The van der Waals surface area contributed by atoms with E-state index in [1.807, 2.05) is 103 Å². The van der Waals surface area contributed by atoms with Crippen molar-refractivity contribution in [2.45, 2.75) is 95.4 Å². The Morgan fingerprint density at radius 1 is 0.848 bits per heavy atom. The van der Waals surface area contributed by atoms with Crippen molar-refractivity contribution in [2.24, 2.45) is 0 Å². The van der Waals surface area contributed by atoms with E-state index in [-0.39, 0.29) is 80.7 Å². The summed E-state index contributed by atoms with van der Waals surface area (Å²) >= 11 is 0.